The van der Waals surface area contributed by atoms with Gasteiger partial charge >= 0.3 is 0 Å². The van der Waals surface area contributed by atoms with Gasteiger partial charge in [0.1, 0.15) is 0 Å². The molecule has 0 unspecified atom stereocenters. The summed E-state index contributed by atoms with van der Waals surface area (Å²) in [6.45, 7) is 6.42. The molecule has 1 N–H and O–H groups in total. The maximum Gasteiger partial charge on any atom is 0.272 e. The third-order valence-corrected chi connectivity index (χ3v) is 5.10. The number of hydrogen-bond donors (Lipinski definition) is 1. The third-order valence-electron chi connectivity index (χ3n) is 5.10. The Hall–Kier alpha value is -3.03. The summed E-state index contributed by atoms with van der Waals surface area (Å²) < 4.78 is 13.2. The number of nitrogens with zero attached hydrogens (tertiary/aromatic N) is 3. The molecule has 8 heteroatoms. The number of carbonyl (C=O) groups is 2. The molecule has 2 aliphatic rings. The van der Waals surface area contributed by atoms with Gasteiger partial charge in [0.2, 0.25) is 5.91 Å². The Balaban J connectivity index is 1.45. The summed E-state index contributed by atoms with van der Waals surface area (Å²) in [5.74, 6) is 1.23. The molecule has 2 amide bonds. The Bertz CT molecular complexity index is 908. The summed E-state index contributed by atoms with van der Waals surface area (Å²) in [5, 5.41) is 7.38. The molecule has 2 aromatic rings. The lowest BCUT2D eigenvalue weighted by atomic mass is 10.1. The van der Waals surface area contributed by atoms with Gasteiger partial charge in [0.25, 0.3) is 5.91 Å². The fraction of sp³-hybridized carbons (Fsp3) is 0.450. The number of carbonyl (C=O) groups excluding carboxylic acids is 2. The average Bonchev–Trinajstić information content (AvgIpc) is 2.97. The van der Waals surface area contributed by atoms with E-state index in [4.69, 9.17) is 9.47 Å². The van der Waals surface area contributed by atoms with Crippen LogP contribution in [-0.4, -0.2) is 46.3 Å². The van der Waals surface area contributed by atoms with Crippen LogP contribution in [0.3, 0.4) is 0 Å². The van der Waals surface area contributed by atoms with E-state index in [0.717, 1.165) is 23.4 Å². The first kappa shape index (κ1) is 18.3. The van der Waals surface area contributed by atoms with Crippen molar-refractivity contribution < 1.29 is 19.1 Å². The van der Waals surface area contributed by atoms with Crippen LogP contribution in [0.25, 0.3) is 0 Å². The summed E-state index contributed by atoms with van der Waals surface area (Å²) in [6, 6.07) is 7.27. The van der Waals surface area contributed by atoms with Crippen molar-refractivity contribution in [2.45, 2.75) is 39.4 Å². The van der Waals surface area contributed by atoms with Gasteiger partial charge in [0, 0.05) is 19.9 Å². The zero-order valence-corrected chi connectivity index (χ0v) is 16.1. The van der Waals surface area contributed by atoms with Gasteiger partial charge in [0.15, 0.2) is 17.2 Å². The van der Waals surface area contributed by atoms with Gasteiger partial charge < -0.3 is 19.7 Å². The van der Waals surface area contributed by atoms with Crippen molar-refractivity contribution in [2.24, 2.45) is 0 Å². The first-order valence-electron chi connectivity index (χ1n) is 9.54. The lowest BCUT2D eigenvalue weighted by Gasteiger charge is -2.26. The van der Waals surface area contributed by atoms with E-state index in [0.29, 0.717) is 44.3 Å². The molecule has 0 saturated carbocycles. The van der Waals surface area contributed by atoms with Crippen LogP contribution in [0.4, 0.5) is 0 Å². The monoisotopic (exact) mass is 384 g/mol. The molecule has 3 heterocycles. The van der Waals surface area contributed by atoms with Crippen LogP contribution in [0.15, 0.2) is 24.3 Å². The van der Waals surface area contributed by atoms with E-state index >= 15 is 0 Å². The van der Waals surface area contributed by atoms with Crippen molar-refractivity contribution in [2.75, 3.05) is 19.8 Å². The van der Waals surface area contributed by atoms with Gasteiger partial charge in [0.05, 0.1) is 38.0 Å². The summed E-state index contributed by atoms with van der Waals surface area (Å²) in [6.07, 6.45) is 0.850. The minimum Gasteiger partial charge on any atom is -0.490 e. The predicted molar refractivity (Wildman–Crippen MR) is 101 cm³/mol. The molecule has 0 radical (unpaired) electrons. The van der Waals surface area contributed by atoms with Gasteiger partial charge in [-0.3, -0.25) is 14.3 Å². The first-order chi connectivity index (χ1) is 13.5. The highest BCUT2D eigenvalue weighted by Crippen LogP contribution is 2.32. The van der Waals surface area contributed by atoms with Crippen LogP contribution in [0.1, 0.15) is 48.1 Å². The number of fused-ring (bicyclic) bond motifs is 2. The highest BCUT2D eigenvalue weighted by atomic mass is 16.5. The average molecular weight is 384 g/mol. The van der Waals surface area contributed by atoms with Gasteiger partial charge in [-0.15, -0.1) is 0 Å². The van der Waals surface area contributed by atoms with E-state index < -0.39 is 0 Å². The van der Waals surface area contributed by atoms with E-state index in [-0.39, 0.29) is 17.9 Å². The van der Waals surface area contributed by atoms with E-state index in [1.54, 1.807) is 22.6 Å². The molecule has 0 fully saturated rings. The molecular weight excluding hydrogens is 360 g/mol. The lowest BCUT2D eigenvalue weighted by Crippen LogP contribution is -2.36. The third kappa shape index (κ3) is 3.67. The molecule has 8 nitrogen and oxygen atoms in total. The molecule has 0 saturated heterocycles. The molecule has 4 rings (SSSR count). The Kier molecular flexibility index (Phi) is 4.93. The minimum absolute atomic E-state index is 0.0291. The summed E-state index contributed by atoms with van der Waals surface area (Å²) in [7, 11) is 0. The first-order valence-corrected chi connectivity index (χ1v) is 9.54. The van der Waals surface area contributed by atoms with Crippen LogP contribution in [0.2, 0.25) is 0 Å². The minimum atomic E-state index is -0.240. The van der Waals surface area contributed by atoms with Crippen LogP contribution < -0.4 is 14.8 Å². The van der Waals surface area contributed by atoms with Crippen molar-refractivity contribution in [3.63, 3.8) is 0 Å². The van der Waals surface area contributed by atoms with Crippen LogP contribution >= 0.6 is 0 Å². The largest absolute Gasteiger partial charge is 0.490 e. The molecule has 1 aromatic carbocycles. The quantitative estimate of drug-likeness (QED) is 0.874. The summed E-state index contributed by atoms with van der Waals surface area (Å²) >= 11 is 0. The second kappa shape index (κ2) is 7.53. The van der Waals surface area contributed by atoms with Crippen molar-refractivity contribution >= 4 is 11.8 Å². The normalized spacial score (nSPS) is 16.7. The second-order valence-electron chi connectivity index (χ2n) is 7.14. The van der Waals surface area contributed by atoms with Crippen molar-refractivity contribution in [1.82, 2.24) is 20.0 Å². The number of hydrogen-bond acceptors (Lipinski definition) is 5. The van der Waals surface area contributed by atoms with Gasteiger partial charge in [-0.2, -0.15) is 5.10 Å². The fourth-order valence-electron chi connectivity index (χ4n) is 3.45. The molecular formula is C20H24N4O4. The predicted octanol–water partition coefficient (Wildman–Crippen LogP) is 1.90. The molecule has 148 valence electrons. The Morgan fingerprint density at radius 3 is 2.71 bits per heavy atom. The number of rotatable bonds is 3. The van der Waals surface area contributed by atoms with Gasteiger partial charge in [-0.1, -0.05) is 6.07 Å². The van der Waals surface area contributed by atoms with Crippen molar-refractivity contribution in [3.05, 3.63) is 41.2 Å². The molecule has 28 heavy (non-hydrogen) atoms. The highest BCUT2D eigenvalue weighted by molar-refractivity contribution is 5.92. The molecule has 1 atom stereocenters. The Labute approximate surface area is 163 Å². The van der Waals surface area contributed by atoms with Gasteiger partial charge in [-0.25, -0.2) is 0 Å². The standard InChI is InChI=1S/C20H24N4O4/c1-13(15-4-5-18-19(10-15)28-9-3-8-27-18)21-20(26)17-11-16-12-23(14(2)25)6-7-24(16)22-17/h4-5,10-11,13H,3,6-9,12H2,1-2H3,(H,21,26)/t13-/m1/s1. The zero-order chi connectivity index (χ0) is 19.7. The van der Waals surface area contributed by atoms with Crippen molar-refractivity contribution in [3.8, 4) is 11.5 Å². The maximum atomic E-state index is 12.7. The number of aromatic nitrogens is 2. The SMILES string of the molecule is CC(=O)N1CCn2nc(C(=O)N[C@H](C)c3ccc4c(c3)OCCCO4)cc2C1. The van der Waals surface area contributed by atoms with E-state index in [1.807, 2.05) is 25.1 Å². The molecule has 2 aliphatic heterocycles. The van der Waals surface area contributed by atoms with Gasteiger partial charge in [-0.05, 0) is 30.7 Å². The number of benzene rings is 1. The second-order valence-corrected chi connectivity index (χ2v) is 7.14. The fourth-order valence-corrected chi connectivity index (χ4v) is 3.45. The zero-order valence-electron chi connectivity index (χ0n) is 16.1. The summed E-state index contributed by atoms with van der Waals surface area (Å²) in [5.41, 5.74) is 2.17. The summed E-state index contributed by atoms with van der Waals surface area (Å²) in [4.78, 5) is 26.0. The van der Waals surface area contributed by atoms with Crippen LogP contribution in [-0.2, 0) is 17.9 Å². The number of nitrogens with one attached hydrogen (secondary N) is 1. The van der Waals surface area contributed by atoms with E-state index in [2.05, 4.69) is 10.4 Å². The topological polar surface area (TPSA) is 85.7 Å². The molecule has 0 spiro atoms. The van der Waals surface area contributed by atoms with E-state index in [1.165, 1.54) is 0 Å². The molecule has 1 aromatic heterocycles. The Morgan fingerprint density at radius 1 is 1.14 bits per heavy atom. The van der Waals surface area contributed by atoms with E-state index in [9.17, 15) is 9.59 Å². The molecule has 0 bridgehead atoms. The maximum absolute atomic E-state index is 12.7. The smallest absolute Gasteiger partial charge is 0.272 e. The molecule has 0 aliphatic carbocycles. The van der Waals surface area contributed by atoms with Crippen LogP contribution in [0.5, 0.6) is 11.5 Å². The van der Waals surface area contributed by atoms with Crippen LogP contribution in [0, 0.1) is 0 Å². The number of ether oxygens (including phenoxy) is 2. The highest BCUT2D eigenvalue weighted by Gasteiger charge is 2.23. The lowest BCUT2D eigenvalue weighted by molar-refractivity contribution is -0.130. The number of amides is 2. The Morgan fingerprint density at radius 2 is 1.93 bits per heavy atom. The van der Waals surface area contributed by atoms with Crippen molar-refractivity contribution in [1.29, 1.82) is 0 Å².